The van der Waals surface area contributed by atoms with Gasteiger partial charge in [-0.3, -0.25) is 14.8 Å². The van der Waals surface area contributed by atoms with E-state index in [0.29, 0.717) is 30.4 Å². The normalized spacial score (nSPS) is 18.2. The van der Waals surface area contributed by atoms with Crippen LogP contribution in [0, 0.1) is 17.6 Å². The number of fused-ring (bicyclic) bond motifs is 1. The Balaban J connectivity index is 1.39. The minimum absolute atomic E-state index is 0.174. The predicted octanol–water partition coefficient (Wildman–Crippen LogP) is 2.54. The first-order valence-electron chi connectivity index (χ1n) is 9.17. The summed E-state index contributed by atoms with van der Waals surface area (Å²) in [5, 5.41) is 2.72. The smallest absolute Gasteiger partial charge is 0.274 e. The summed E-state index contributed by atoms with van der Waals surface area (Å²) in [4.78, 5) is 22.7. The van der Waals surface area contributed by atoms with Crippen LogP contribution in [0.3, 0.4) is 0 Å². The number of rotatable bonds is 5. The lowest BCUT2D eigenvalue weighted by Gasteiger charge is -2.32. The number of nitrogens with one attached hydrogen (secondary N) is 1. The van der Waals surface area contributed by atoms with Gasteiger partial charge in [0.1, 0.15) is 18.0 Å². The molecule has 0 aliphatic carbocycles. The van der Waals surface area contributed by atoms with E-state index in [1.54, 1.807) is 0 Å². The highest BCUT2D eigenvalue weighted by Gasteiger charge is 2.21. The number of hydrogen-bond donors (Lipinski definition) is 1. The van der Waals surface area contributed by atoms with E-state index >= 15 is 0 Å². The number of hydrogen-bond acceptors (Lipinski definition) is 4. The molecule has 27 heavy (non-hydrogen) atoms. The van der Waals surface area contributed by atoms with Gasteiger partial charge in [-0.1, -0.05) is 6.07 Å². The van der Waals surface area contributed by atoms with Crippen molar-refractivity contribution in [2.24, 2.45) is 5.92 Å². The molecular weight excluding hydrogens is 352 g/mol. The average molecular weight is 373 g/mol. The number of likely N-dealkylation sites (tertiary alicyclic amines) is 1. The van der Waals surface area contributed by atoms with Crippen LogP contribution in [0.1, 0.15) is 30.5 Å². The fourth-order valence-corrected chi connectivity index (χ4v) is 3.83. The van der Waals surface area contributed by atoms with Crippen LogP contribution in [0.4, 0.5) is 8.78 Å². The Hall–Kier alpha value is -2.61. The zero-order chi connectivity index (χ0) is 18.8. The maximum Gasteiger partial charge on any atom is 0.274 e. The van der Waals surface area contributed by atoms with E-state index in [1.165, 1.54) is 35.1 Å². The van der Waals surface area contributed by atoms with Gasteiger partial charge < -0.3 is 0 Å². The molecule has 142 valence electrons. The minimum Gasteiger partial charge on any atom is -0.297 e. The standard InChI is InChI=1S/C19H21F2N5O/c20-16-4-1-5-17(21)15(16)7-6-13-3-2-8-25(10-13)11-14-9-18(27)26-19(24-14)22-12-23-26/h1,4-5,9,12-13H,2-3,6-8,10-11H2,(H,22,23,24). The lowest BCUT2D eigenvalue weighted by Crippen LogP contribution is -2.35. The van der Waals surface area contributed by atoms with Crippen molar-refractivity contribution < 1.29 is 8.78 Å². The van der Waals surface area contributed by atoms with E-state index in [1.807, 2.05) is 0 Å². The topological polar surface area (TPSA) is 66.3 Å². The van der Waals surface area contributed by atoms with Crippen molar-refractivity contribution in [3.63, 3.8) is 0 Å². The Morgan fingerprint density at radius 1 is 1.26 bits per heavy atom. The summed E-state index contributed by atoms with van der Waals surface area (Å²) in [6.07, 6.45) is 4.64. The van der Waals surface area contributed by atoms with Crippen LogP contribution >= 0.6 is 0 Å². The number of benzene rings is 1. The van der Waals surface area contributed by atoms with Crippen molar-refractivity contribution >= 4 is 5.78 Å². The van der Waals surface area contributed by atoms with Crippen molar-refractivity contribution in [1.82, 2.24) is 24.5 Å². The molecule has 1 unspecified atom stereocenters. The second kappa shape index (κ2) is 7.56. The van der Waals surface area contributed by atoms with Crippen molar-refractivity contribution in [1.29, 1.82) is 0 Å². The van der Waals surface area contributed by atoms with E-state index in [-0.39, 0.29) is 11.1 Å². The zero-order valence-electron chi connectivity index (χ0n) is 14.9. The van der Waals surface area contributed by atoms with Gasteiger partial charge in [-0.25, -0.2) is 18.7 Å². The second-order valence-corrected chi connectivity index (χ2v) is 7.09. The van der Waals surface area contributed by atoms with Crippen molar-refractivity contribution in [3.05, 3.63) is 63.8 Å². The summed E-state index contributed by atoms with van der Waals surface area (Å²) < 4.78 is 28.9. The molecule has 4 rings (SSSR count). The molecule has 0 radical (unpaired) electrons. The Bertz CT molecular complexity index is 979. The van der Waals surface area contributed by atoms with Gasteiger partial charge in [0.25, 0.3) is 11.3 Å². The van der Waals surface area contributed by atoms with Gasteiger partial charge in [0.05, 0.1) is 5.69 Å². The number of aromatic amines is 1. The number of piperidine rings is 1. The first-order chi connectivity index (χ1) is 13.1. The van der Waals surface area contributed by atoms with Crippen LogP contribution in [-0.2, 0) is 13.0 Å². The zero-order valence-corrected chi connectivity index (χ0v) is 14.9. The maximum atomic E-state index is 13.8. The van der Waals surface area contributed by atoms with E-state index in [2.05, 4.69) is 20.0 Å². The van der Waals surface area contributed by atoms with Crippen LogP contribution in [0.25, 0.3) is 5.78 Å². The molecule has 0 amide bonds. The molecule has 1 saturated heterocycles. The van der Waals surface area contributed by atoms with Crippen molar-refractivity contribution in [3.8, 4) is 0 Å². The van der Waals surface area contributed by atoms with Gasteiger partial charge >= 0.3 is 0 Å². The molecule has 1 aliphatic rings. The van der Waals surface area contributed by atoms with E-state index in [4.69, 9.17) is 0 Å². The lowest BCUT2D eigenvalue weighted by molar-refractivity contribution is 0.160. The number of H-pyrrole nitrogens is 1. The molecule has 3 heterocycles. The quantitative estimate of drug-likeness (QED) is 0.746. The Kier molecular flexibility index (Phi) is 4.98. The van der Waals surface area contributed by atoms with E-state index in [0.717, 1.165) is 32.4 Å². The molecule has 0 spiro atoms. The summed E-state index contributed by atoms with van der Waals surface area (Å²) in [5.74, 6) is -0.214. The molecule has 3 aromatic rings. The highest BCUT2D eigenvalue weighted by Crippen LogP contribution is 2.24. The van der Waals surface area contributed by atoms with Crippen LogP contribution in [0.5, 0.6) is 0 Å². The maximum absolute atomic E-state index is 13.8. The van der Waals surface area contributed by atoms with Gasteiger partial charge in [-0.05, 0) is 50.3 Å². The molecule has 1 N–H and O–H groups in total. The van der Waals surface area contributed by atoms with Gasteiger partial charge in [0, 0.05) is 24.7 Å². The summed E-state index contributed by atoms with van der Waals surface area (Å²) in [6.45, 7) is 2.33. The molecule has 1 atom stereocenters. The molecule has 0 saturated carbocycles. The van der Waals surface area contributed by atoms with Crippen LogP contribution < -0.4 is 5.56 Å². The van der Waals surface area contributed by atoms with Crippen molar-refractivity contribution in [2.45, 2.75) is 32.2 Å². The second-order valence-electron chi connectivity index (χ2n) is 7.09. The molecule has 1 aromatic carbocycles. The first kappa shape index (κ1) is 17.8. The largest absolute Gasteiger partial charge is 0.297 e. The first-order valence-corrected chi connectivity index (χ1v) is 9.17. The predicted molar refractivity (Wildman–Crippen MR) is 96.3 cm³/mol. The highest BCUT2D eigenvalue weighted by molar-refractivity contribution is 5.26. The Morgan fingerprint density at radius 3 is 2.89 bits per heavy atom. The number of halogens is 2. The number of aromatic nitrogens is 4. The molecule has 8 heteroatoms. The average Bonchev–Trinajstić information content (AvgIpc) is 3.11. The van der Waals surface area contributed by atoms with Gasteiger partial charge in [-0.15, -0.1) is 0 Å². The fraction of sp³-hybridized carbons (Fsp3) is 0.421. The Labute approximate surface area is 154 Å². The molecule has 0 bridgehead atoms. The van der Waals surface area contributed by atoms with Crippen molar-refractivity contribution in [2.75, 3.05) is 13.1 Å². The van der Waals surface area contributed by atoms with Crippen LogP contribution in [0.15, 0.2) is 35.4 Å². The lowest BCUT2D eigenvalue weighted by atomic mass is 9.91. The van der Waals surface area contributed by atoms with Crippen LogP contribution in [-0.4, -0.2) is 37.6 Å². The summed E-state index contributed by atoms with van der Waals surface area (Å²) in [7, 11) is 0. The summed E-state index contributed by atoms with van der Waals surface area (Å²) >= 11 is 0. The number of nitrogens with zero attached hydrogens (tertiary/aromatic N) is 4. The minimum atomic E-state index is -0.473. The van der Waals surface area contributed by atoms with Crippen LogP contribution in [0.2, 0.25) is 0 Å². The van der Waals surface area contributed by atoms with Gasteiger partial charge in [0.15, 0.2) is 0 Å². The summed E-state index contributed by atoms with van der Waals surface area (Å²) in [6, 6.07) is 5.52. The van der Waals surface area contributed by atoms with Gasteiger partial charge in [0.2, 0.25) is 0 Å². The third-order valence-corrected chi connectivity index (χ3v) is 5.17. The SMILES string of the molecule is O=c1cc(CN2CCCC(CCc3c(F)cccc3F)C2)nc2nc[nH]n12. The third-order valence-electron chi connectivity index (χ3n) is 5.17. The highest BCUT2D eigenvalue weighted by atomic mass is 19.1. The third kappa shape index (κ3) is 3.90. The van der Waals surface area contributed by atoms with E-state index < -0.39 is 11.6 Å². The molecule has 6 nitrogen and oxygen atoms in total. The fourth-order valence-electron chi connectivity index (χ4n) is 3.83. The monoisotopic (exact) mass is 373 g/mol. The summed E-state index contributed by atoms with van der Waals surface area (Å²) in [5.41, 5.74) is 0.678. The molecule has 2 aromatic heterocycles. The van der Waals surface area contributed by atoms with E-state index in [9.17, 15) is 13.6 Å². The van der Waals surface area contributed by atoms with Gasteiger partial charge in [-0.2, -0.15) is 4.52 Å². The molecular formula is C19H21F2N5O. The molecule has 1 fully saturated rings. The Morgan fingerprint density at radius 2 is 2.07 bits per heavy atom. The molecule has 1 aliphatic heterocycles.